The standard InChI is InChI=1S/C15H25NO3/c1-10(2)12(9-16-3)15-13(18-5)7-11(17-4)8-14(15)19-6/h7-8,10,12,16H,9H2,1-6H3. The lowest BCUT2D eigenvalue weighted by Gasteiger charge is -2.25. The average Bonchev–Trinajstić information content (AvgIpc) is 2.43. The Bertz CT molecular complexity index is 379. The number of hydrogen-bond donors (Lipinski definition) is 1. The molecule has 0 aliphatic heterocycles. The van der Waals surface area contributed by atoms with Crippen molar-refractivity contribution in [3.05, 3.63) is 17.7 Å². The van der Waals surface area contributed by atoms with Gasteiger partial charge in [-0.2, -0.15) is 0 Å². The van der Waals surface area contributed by atoms with Crippen molar-refractivity contribution in [2.75, 3.05) is 34.9 Å². The van der Waals surface area contributed by atoms with Crippen molar-refractivity contribution in [3.63, 3.8) is 0 Å². The molecule has 4 heteroatoms. The second kappa shape index (κ2) is 7.24. The van der Waals surface area contributed by atoms with E-state index in [4.69, 9.17) is 14.2 Å². The van der Waals surface area contributed by atoms with Crippen LogP contribution in [0.5, 0.6) is 17.2 Å². The van der Waals surface area contributed by atoms with Crippen LogP contribution in [-0.2, 0) is 0 Å². The molecule has 1 rings (SSSR count). The number of methoxy groups -OCH3 is 3. The van der Waals surface area contributed by atoms with Crippen molar-refractivity contribution in [2.45, 2.75) is 19.8 Å². The van der Waals surface area contributed by atoms with E-state index in [1.165, 1.54) is 0 Å². The Hall–Kier alpha value is -1.42. The van der Waals surface area contributed by atoms with Gasteiger partial charge in [0.05, 0.1) is 21.3 Å². The minimum Gasteiger partial charge on any atom is -0.496 e. The molecule has 19 heavy (non-hydrogen) atoms. The molecule has 0 saturated carbocycles. The Morgan fingerprint density at radius 1 is 1.00 bits per heavy atom. The lowest BCUT2D eigenvalue weighted by atomic mass is 9.87. The SMILES string of the molecule is CNCC(c1c(OC)cc(OC)cc1OC)C(C)C. The third-order valence-corrected chi connectivity index (χ3v) is 3.35. The molecule has 0 aliphatic rings. The molecule has 0 fully saturated rings. The molecule has 1 atom stereocenters. The molecule has 1 aromatic rings. The predicted octanol–water partition coefficient (Wildman–Crippen LogP) is 2.67. The molecule has 0 aliphatic carbocycles. The number of benzene rings is 1. The molecular formula is C15H25NO3. The summed E-state index contributed by atoms with van der Waals surface area (Å²) in [4.78, 5) is 0. The minimum absolute atomic E-state index is 0.320. The fourth-order valence-corrected chi connectivity index (χ4v) is 2.29. The second-order valence-electron chi connectivity index (χ2n) is 4.85. The molecule has 0 aromatic heterocycles. The summed E-state index contributed by atoms with van der Waals surface area (Å²) in [7, 11) is 6.95. The summed E-state index contributed by atoms with van der Waals surface area (Å²) in [5.41, 5.74) is 1.09. The molecule has 1 N–H and O–H groups in total. The van der Waals surface area contributed by atoms with E-state index < -0.39 is 0 Å². The van der Waals surface area contributed by atoms with E-state index in [0.717, 1.165) is 29.4 Å². The second-order valence-corrected chi connectivity index (χ2v) is 4.85. The molecule has 108 valence electrons. The smallest absolute Gasteiger partial charge is 0.129 e. The highest BCUT2D eigenvalue weighted by Crippen LogP contribution is 2.41. The van der Waals surface area contributed by atoms with Gasteiger partial charge >= 0.3 is 0 Å². The van der Waals surface area contributed by atoms with Crippen LogP contribution in [0.4, 0.5) is 0 Å². The Morgan fingerprint density at radius 2 is 1.53 bits per heavy atom. The molecule has 1 aromatic carbocycles. The van der Waals surface area contributed by atoms with E-state index in [2.05, 4.69) is 19.2 Å². The first-order chi connectivity index (χ1) is 9.08. The van der Waals surface area contributed by atoms with E-state index in [-0.39, 0.29) is 0 Å². The maximum atomic E-state index is 5.52. The van der Waals surface area contributed by atoms with Crippen LogP contribution in [0.2, 0.25) is 0 Å². The van der Waals surface area contributed by atoms with Gasteiger partial charge in [-0.3, -0.25) is 0 Å². The number of ether oxygens (including phenoxy) is 3. The van der Waals surface area contributed by atoms with Crippen LogP contribution in [0, 0.1) is 5.92 Å². The van der Waals surface area contributed by atoms with Crippen molar-refractivity contribution in [1.82, 2.24) is 5.32 Å². The summed E-state index contributed by atoms with van der Waals surface area (Å²) in [6, 6.07) is 3.81. The van der Waals surface area contributed by atoms with Crippen molar-refractivity contribution < 1.29 is 14.2 Å². The lowest BCUT2D eigenvalue weighted by Crippen LogP contribution is -2.22. The number of nitrogens with one attached hydrogen (secondary N) is 1. The molecular weight excluding hydrogens is 242 g/mol. The van der Waals surface area contributed by atoms with Gasteiger partial charge < -0.3 is 19.5 Å². The van der Waals surface area contributed by atoms with Gasteiger partial charge in [0.25, 0.3) is 0 Å². The Balaban J connectivity index is 3.36. The predicted molar refractivity (Wildman–Crippen MR) is 77.6 cm³/mol. The molecule has 4 nitrogen and oxygen atoms in total. The highest BCUT2D eigenvalue weighted by molar-refractivity contribution is 5.52. The van der Waals surface area contributed by atoms with Crippen molar-refractivity contribution in [1.29, 1.82) is 0 Å². The molecule has 0 heterocycles. The molecule has 0 radical (unpaired) electrons. The number of hydrogen-bond acceptors (Lipinski definition) is 4. The van der Waals surface area contributed by atoms with Gasteiger partial charge in [0, 0.05) is 30.2 Å². The Labute approximate surface area is 116 Å². The summed E-state index contributed by atoms with van der Waals surface area (Å²) >= 11 is 0. The zero-order valence-corrected chi connectivity index (χ0v) is 12.7. The summed E-state index contributed by atoms with van der Waals surface area (Å²) < 4.78 is 16.3. The lowest BCUT2D eigenvalue weighted by molar-refractivity contribution is 0.352. The maximum Gasteiger partial charge on any atom is 0.129 e. The quantitative estimate of drug-likeness (QED) is 0.824. The maximum absolute atomic E-state index is 5.52. The van der Waals surface area contributed by atoms with E-state index in [1.54, 1.807) is 21.3 Å². The van der Waals surface area contributed by atoms with Crippen LogP contribution in [0.15, 0.2) is 12.1 Å². The minimum atomic E-state index is 0.320. The normalized spacial score (nSPS) is 12.4. The van der Waals surface area contributed by atoms with Crippen LogP contribution in [0.25, 0.3) is 0 Å². The van der Waals surface area contributed by atoms with E-state index >= 15 is 0 Å². The fraction of sp³-hybridized carbons (Fsp3) is 0.600. The van der Waals surface area contributed by atoms with Crippen molar-refractivity contribution >= 4 is 0 Å². The van der Waals surface area contributed by atoms with E-state index in [9.17, 15) is 0 Å². The first kappa shape index (κ1) is 15.6. The monoisotopic (exact) mass is 267 g/mol. The zero-order valence-electron chi connectivity index (χ0n) is 12.7. The zero-order chi connectivity index (χ0) is 14.4. The highest BCUT2D eigenvalue weighted by atomic mass is 16.5. The van der Waals surface area contributed by atoms with E-state index in [0.29, 0.717) is 11.8 Å². The van der Waals surface area contributed by atoms with Gasteiger partial charge in [0.2, 0.25) is 0 Å². The van der Waals surface area contributed by atoms with Crippen LogP contribution in [0.3, 0.4) is 0 Å². The largest absolute Gasteiger partial charge is 0.496 e. The Morgan fingerprint density at radius 3 is 1.84 bits per heavy atom. The van der Waals surface area contributed by atoms with Crippen molar-refractivity contribution in [2.24, 2.45) is 5.92 Å². The summed E-state index contributed by atoms with van der Waals surface area (Å²) in [6.45, 7) is 5.27. The van der Waals surface area contributed by atoms with Gasteiger partial charge in [-0.15, -0.1) is 0 Å². The average molecular weight is 267 g/mol. The first-order valence-electron chi connectivity index (χ1n) is 6.53. The molecule has 0 spiro atoms. The Kier molecular flexibility index (Phi) is 5.96. The number of rotatable bonds is 7. The van der Waals surface area contributed by atoms with Gasteiger partial charge in [-0.05, 0) is 13.0 Å². The molecule has 0 saturated heterocycles. The van der Waals surface area contributed by atoms with E-state index in [1.807, 2.05) is 19.2 Å². The molecule has 1 unspecified atom stereocenters. The summed E-state index contributed by atoms with van der Waals surface area (Å²) in [5.74, 6) is 3.16. The third kappa shape index (κ3) is 3.53. The van der Waals surface area contributed by atoms with Crippen molar-refractivity contribution in [3.8, 4) is 17.2 Å². The highest BCUT2D eigenvalue weighted by Gasteiger charge is 2.24. The molecule has 0 bridgehead atoms. The van der Waals surface area contributed by atoms with Crippen LogP contribution in [-0.4, -0.2) is 34.9 Å². The third-order valence-electron chi connectivity index (χ3n) is 3.35. The topological polar surface area (TPSA) is 39.7 Å². The van der Waals surface area contributed by atoms with Gasteiger partial charge in [0.1, 0.15) is 17.2 Å². The van der Waals surface area contributed by atoms with Crippen LogP contribution < -0.4 is 19.5 Å². The van der Waals surface area contributed by atoms with Crippen LogP contribution in [0.1, 0.15) is 25.3 Å². The number of likely N-dealkylation sites (N-methyl/N-ethyl adjacent to an activating group) is 1. The van der Waals surface area contributed by atoms with Gasteiger partial charge in [0.15, 0.2) is 0 Å². The fourth-order valence-electron chi connectivity index (χ4n) is 2.29. The molecule has 0 amide bonds. The van der Waals surface area contributed by atoms with Crippen LogP contribution >= 0.6 is 0 Å². The summed E-state index contributed by atoms with van der Waals surface area (Å²) in [5, 5.41) is 3.24. The summed E-state index contributed by atoms with van der Waals surface area (Å²) in [6.07, 6.45) is 0. The van der Waals surface area contributed by atoms with Gasteiger partial charge in [-0.1, -0.05) is 13.8 Å². The first-order valence-corrected chi connectivity index (χ1v) is 6.53. The van der Waals surface area contributed by atoms with Gasteiger partial charge in [-0.25, -0.2) is 0 Å².